The molecule has 0 radical (unpaired) electrons. The summed E-state index contributed by atoms with van der Waals surface area (Å²) in [5.74, 6) is 1.43. The molecule has 0 aliphatic heterocycles. The number of furan rings is 1. The average molecular weight is 221 g/mol. The Morgan fingerprint density at radius 3 is 2.88 bits per heavy atom. The number of ether oxygens (including phenoxy) is 1. The van der Waals surface area contributed by atoms with Crippen LogP contribution in [-0.4, -0.2) is 18.8 Å². The molecule has 0 bridgehead atoms. The zero-order valence-corrected chi connectivity index (χ0v) is 9.36. The molecular weight excluding hydrogens is 206 g/mol. The zero-order chi connectivity index (χ0) is 11.7. The molecule has 1 heterocycles. The predicted octanol–water partition coefficient (Wildman–Crippen LogP) is 1.74. The molecule has 3 N–H and O–H groups in total. The average Bonchev–Trinajstić information content (AvgIpc) is 2.66. The molecule has 0 saturated carbocycles. The van der Waals surface area contributed by atoms with Gasteiger partial charge in [-0.3, -0.25) is 0 Å². The minimum Gasteiger partial charge on any atom is -0.492 e. The second-order valence-electron chi connectivity index (χ2n) is 3.75. The van der Waals surface area contributed by atoms with E-state index in [0.29, 0.717) is 11.3 Å². The van der Waals surface area contributed by atoms with E-state index >= 15 is 0 Å². The summed E-state index contributed by atoms with van der Waals surface area (Å²) >= 11 is 0. The smallest absolute Gasteiger partial charge is 0.176 e. The Labute approximate surface area is 93.6 Å². The van der Waals surface area contributed by atoms with Crippen LogP contribution in [0.4, 0.5) is 0 Å². The van der Waals surface area contributed by atoms with Crippen LogP contribution in [0.15, 0.2) is 22.6 Å². The fourth-order valence-electron chi connectivity index (χ4n) is 1.82. The molecule has 2 aromatic rings. The van der Waals surface area contributed by atoms with E-state index in [2.05, 4.69) is 0 Å². The molecule has 1 atom stereocenters. The van der Waals surface area contributed by atoms with Gasteiger partial charge >= 0.3 is 0 Å². The fourth-order valence-corrected chi connectivity index (χ4v) is 1.82. The van der Waals surface area contributed by atoms with Gasteiger partial charge in [-0.2, -0.15) is 0 Å². The van der Waals surface area contributed by atoms with Gasteiger partial charge in [-0.1, -0.05) is 12.1 Å². The monoisotopic (exact) mass is 221 g/mol. The molecule has 0 spiro atoms. The van der Waals surface area contributed by atoms with E-state index in [1.807, 2.05) is 25.1 Å². The largest absolute Gasteiger partial charge is 0.492 e. The highest BCUT2D eigenvalue weighted by atomic mass is 16.5. The van der Waals surface area contributed by atoms with Gasteiger partial charge in [0.05, 0.1) is 19.8 Å². The highest BCUT2D eigenvalue weighted by molar-refractivity contribution is 5.85. The van der Waals surface area contributed by atoms with Crippen LogP contribution in [0.25, 0.3) is 11.0 Å². The van der Waals surface area contributed by atoms with E-state index in [0.717, 1.165) is 16.7 Å². The van der Waals surface area contributed by atoms with Crippen LogP contribution < -0.4 is 10.5 Å². The minimum absolute atomic E-state index is 0.123. The third kappa shape index (κ3) is 1.66. The Balaban J connectivity index is 2.66. The molecule has 16 heavy (non-hydrogen) atoms. The van der Waals surface area contributed by atoms with E-state index in [-0.39, 0.29) is 6.61 Å². The molecule has 0 amide bonds. The summed E-state index contributed by atoms with van der Waals surface area (Å²) in [5, 5.41) is 10.0. The van der Waals surface area contributed by atoms with Gasteiger partial charge in [0, 0.05) is 10.9 Å². The Kier molecular flexibility index (Phi) is 2.85. The predicted molar refractivity (Wildman–Crippen MR) is 61.5 cm³/mol. The Morgan fingerprint density at radius 2 is 2.25 bits per heavy atom. The Morgan fingerprint density at radius 1 is 1.50 bits per heavy atom. The molecule has 2 rings (SSSR count). The number of benzene rings is 1. The van der Waals surface area contributed by atoms with Crippen LogP contribution in [0, 0.1) is 6.92 Å². The van der Waals surface area contributed by atoms with E-state index < -0.39 is 6.04 Å². The maximum Gasteiger partial charge on any atom is 0.176 e. The normalized spacial score (nSPS) is 13.0. The zero-order valence-electron chi connectivity index (χ0n) is 9.36. The minimum atomic E-state index is -0.454. The summed E-state index contributed by atoms with van der Waals surface area (Å²) in [6.07, 6.45) is 0. The summed E-state index contributed by atoms with van der Waals surface area (Å²) in [5.41, 5.74) is 7.24. The second-order valence-corrected chi connectivity index (χ2v) is 3.75. The first-order valence-electron chi connectivity index (χ1n) is 5.11. The third-order valence-corrected chi connectivity index (χ3v) is 2.60. The number of aryl methyl sites for hydroxylation is 1. The molecule has 0 aliphatic carbocycles. The van der Waals surface area contributed by atoms with Crippen molar-refractivity contribution in [2.24, 2.45) is 5.73 Å². The van der Waals surface area contributed by atoms with Crippen LogP contribution >= 0.6 is 0 Å². The van der Waals surface area contributed by atoms with E-state index in [9.17, 15) is 0 Å². The van der Waals surface area contributed by atoms with Gasteiger partial charge in [0.2, 0.25) is 0 Å². The van der Waals surface area contributed by atoms with Crippen molar-refractivity contribution < 1.29 is 14.3 Å². The second kappa shape index (κ2) is 4.15. The lowest BCUT2D eigenvalue weighted by Crippen LogP contribution is -2.15. The number of aliphatic hydroxyl groups is 1. The van der Waals surface area contributed by atoms with Crippen LogP contribution in [0.2, 0.25) is 0 Å². The van der Waals surface area contributed by atoms with Gasteiger partial charge in [-0.05, 0) is 13.0 Å². The van der Waals surface area contributed by atoms with E-state index in [4.69, 9.17) is 20.0 Å². The number of rotatable bonds is 3. The van der Waals surface area contributed by atoms with Crippen LogP contribution in [0.5, 0.6) is 5.75 Å². The van der Waals surface area contributed by atoms with Gasteiger partial charge in [0.1, 0.15) is 5.76 Å². The first kappa shape index (κ1) is 11.0. The lowest BCUT2D eigenvalue weighted by atomic mass is 10.1. The fraction of sp³-hybridized carbons (Fsp3) is 0.333. The highest BCUT2D eigenvalue weighted by Gasteiger charge is 2.16. The third-order valence-electron chi connectivity index (χ3n) is 2.60. The quantitative estimate of drug-likeness (QED) is 0.828. The summed E-state index contributed by atoms with van der Waals surface area (Å²) in [6.45, 7) is 1.76. The molecule has 4 nitrogen and oxygen atoms in total. The first-order valence-corrected chi connectivity index (χ1v) is 5.11. The van der Waals surface area contributed by atoms with Gasteiger partial charge in [0.15, 0.2) is 11.3 Å². The van der Waals surface area contributed by atoms with E-state index in [1.54, 1.807) is 7.11 Å². The van der Waals surface area contributed by atoms with Crippen molar-refractivity contribution in [3.8, 4) is 5.75 Å². The standard InChI is InChI=1S/C12H15NO3/c1-7-5-8-3-4-9(10(13)6-14)12(15-2)11(8)16-7/h3-5,10,14H,6,13H2,1-2H3. The highest BCUT2D eigenvalue weighted by Crippen LogP contribution is 2.34. The van der Waals surface area contributed by atoms with Crippen LogP contribution in [0.1, 0.15) is 17.4 Å². The van der Waals surface area contributed by atoms with E-state index in [1.165, 1.54) is 0 Å². The number of aliphatic hydroxyl groups excluding tert-OH is 1. The van der Waals surface area contributed by atoms with Crippen molar-refractivity contribution in [2.75, 3.05) is 13.7 Å². The first-order chi connectivity index (χ1) is 7.67. The maximum atomic E-state index is 9.07. The summed E-state index contributed by atoms with van der Waals surface area (Å²) < 4.78 is 10.9. The van der Waals surface area contributed by atoms with Crippen molar-refractivity contribution in [1.82, 2.24) is 0 Å². The number of hydrogen-bond acceptors (Lipinski definition) is 4. The van der Waals surface area contributed by atoms with Crippen molar-refractivity contribution in [3.05, 3.63) is 29.5 Å². The van der Waals surface area contributed by atoms with Crippen molar-refractivity contribution in [2.45, 2.75) is 13.0 Å². The molecule has 1 aromatic carbocycles. The van der Waals surface area contributed by atoms with Gasteiger partial charge in [0.25, 0.3) is 0 Å². The number of nitrogens with two attached hydrogens (primary N) is 1. The SMILES string of the molecule is COc1c(C(N)CO)ccc2cc(C)oc12. The van der Waals surface area contributed by atoms with Crippen LogP contribution in [0.3, 0.4) is 0 Å². The van der Waals surface area contributed by atoms with Crippen molar-refractivity contribution in [3.63, 3.8) is 0 Å². The Bertz CT molecular complexity index is 504. The lowest BCUT2D eigenvalue weighted by Gasteiger charge is -2.13. The number of hydrogen-bond donors (Lipinski definition) is 2. The number of methoxy groups -OCH3 is 1. The molecule has 0 fully saturated rings. The summed E-state index contributed by atoms with van der Waals surface area (Å²) in [4.78, 5) is 0. The lowest BCUT2D eigenvalue weighted by molar-refractivity contribution is 0.264. The molecule has 1 unspecified atom stereocenters. The van der Waals surface area contributed by atoms with Gasteiger partial charge in [-0.25, -0.2) is 0 Å². The topological polar surface area (TPSA) is 68.6 Å². The number of fused-ring (bicyclic) bond motifs is 1. The van der Waals surface area contributed by atoms with Crippen molar-refractivity contribution in [1.29, 1.82) is 0 Å². The van der Waals surface area contributed by atoms with Gasteiger partial charge in [-0.15, -0.1) is 0 Å². The van der Waals surface area contributed by atoms with Crippen molar-refractivity contribution >= 4 is 11.0 Å². The maximum absolute atomic E-state index is 9.07. The molecule has 0 aliphatic rings. The molecule has 0 saturated heterocycles. The summed E-state index contributed by atoms with van der Waals surface area (Å²) in [6, 6.07) is 5.26. The summed E-state index contributed by atoms with van der Waals surface area (Å²) in [7, 11) is 1.57. The Hall–Kier alpha value is -1.52. The molecule has 86 valence electrons. The molecule has 4 heteroatoms. The van der Waals surface area contributed by atoms with Crippen LogP contribution in [-0.2, 0) is 0 Å². The molecule has 1 aromatic heterocycles. The molecular formula is C12H15NO3. The van der Waals surface area contributed by atoms with Gasteiger partial charge < -0.3 is 20.0 Å².